The first-order chi connectivity index (χ1) is 4.72. The van der Waals surface area contributed by atoms with Gasteiger partial charge < -0.3 is 0 Å². The fourth-order valence-corrected chi connectivity index (χ4v) is 2.99. The Morgan fingerprint density at radius 1 is 1.30 bits per heavy atom. The Morgan fingerprint density at radius 2 is 1.80 bits per heavy atom. The smallest absolute Gasteiger partial charge is 0.0656 e. The van der Waals surface area contributed by atoms with Crippen LogP contribution in [0.4, 0.5) is 0 Å². The first-order valence-electron chi connectivity index (χ1n) is 3.77. The summed E-state index contributed by atoms with van der Waals surface area (Å²) in [7, 11) is 0. The quantitative estimate of drug-likeness (QED) is 0.536. The second kappa shape index (κ2) is 3.30. The van der Waals surface area contributed by atoms with Gasteiger partial charge in [0.25, 0.3) is 0 Å². The van der Waals surface area contributed by atoms with Gasteiger partial charge in [0, 0.05) is 16.4 Å². The minimum atomic E-state index is 0.325. The lowest BCUT2D eigenvalue weighted by Gasteiger charge is -2.26. The van der Waals surface area contributed by atoms with Crippen LogP contribution in [0, 0.1) is 17.2 Å². The summed E-state index contributed by atoms with van der Waals surface area (Å²) in [5, 5.41) is 10.0. The van der Waals surface area contributed by atoms with Crippen LogP contribution in [-0.2, 0) is 0 Å². The average molecular weight is 155 g/mol. The predicted octanol–water partition coefficient (Wildman–Crippen LogP) is 2.43. The molecule has 56 valence electrons. The van der Waals surface area contributed by atoms with Crippen molar-refractivity contribution in [2.24, 2.45) is 5.92 Å². The zero-order valence-corrected chi connectivity index (χ0v) is 7.32. The molecule has 2 atom stereocenters. The Balaban J connectivity index is 2.44. The molecular formula is C8H13NS. The summed E-state index contributed by atoms with van der Waals surface area (Å²) >= 11 is 2.01. The monoisotopic (exact) mass is 155 g/mol. The molecule has 0 aromatic carbocycles. The zero-order chi connectivity index (χ0) is 7.56. The Hall–Kier alpha value is -0.160. The fraction of sp³-hybridized carbons (Fsp3) is 0.875. The number of hydrogen-bond donors (Lipinski definition) is 0. The first kappa shape index (κ1) is 7.94. The van der Waals surface area contributed by atoms with Crippen LogP contribution in [0.1, 0.15) is 26.7 Å². The van der Waals surface area contributed by atoms with E-state index >= 15 is 0 Å². The van der Waals surface area contributed by atoms with Gasteiger partial charge >= 0.3 is 0 Å². The van der Waals surface area contributed by atoms with Gasteiger partial charge in [0.2, 0.25) is 0 Å². The van der Waals surface area contributed by atoms with Gasteiger partial charge in [-0.05, 0) is 12.8 Å². The molecule has 0 aromatic heterocycles. The van der Waals surface area contributed by atoms with Crippen molar-refractivity contribution in [3.8, 4) is 6.07 Å². The lowest BCUT2D eigenvalue weighted by atomic mass is 9.99. The Labute approximate surface area is 66.8 Å². The standard InChI is InChI=1S/C8H13NS/c1-6-3-8(5-9)4-7(2)10-6/h6-8H,3-4H2,1-2H3. The fourth-order valence-electron chi connectivity index (χ4n) is 1.51. The summed E-state index contributed by atoms with van der Waals surface area (Å²) in [6.45, 7) is 4.43. The van der Waals surface area contributed by atoms with E-state index in [1.165, 1.54) is 0 Å². The summed E-state index contributed by atoms with van der Waals surface area (Å²) < 4.78 is 0. The van der Waals surface area contributed by atoms with E-state index in [0.29, 0.717) is 16.4 Å². The highest BCUT2D eigenvalue weighted by atomic mass is 32.2. The zero-order valence-electron chi connectivity index (χ0n) is 6.50. The number of nitriles is 1. The molecule has 1 heterocycles. The second-order valence-corrected chi connectivity index (χ2v) is 4.94. The Bertz CT molecular complexity index is 140. The Morgan fingerprint density at radius 3 is 2.20 bits per heavy atom. The summed E-state index contributed by atoms with van der Waals surface area (Å²) in [5.74, 6) is 0.325. The lowest BCUT2D eigenvalue weighted by molar-refractivity contribution is 0.530. The van der Waals surface area contributed by atoms with Crippen molar-refractivity contribution < 1.29 is 0 Å². The van der Waals surface area contributed by atoms with E-state index < -0.39 is 0 Å². The summed E-state index contributed by atoms with van der Waals surface area (Å²) in [4.78, 5) is 0. The minimum absolute atomic E-state index is 0.325. The second-order valence-electron chi connectivity index (χ2n) is 3.05. The largest absolute Gasteiger partial charge is 0.198 e. The maximum absolute atomic E-state index is 8.67. The number of nitrogens with zero attached hydrogens (tertiary/aromatic N) is 1. The van der Waals surface area contributed by atoms with Gasteiger partial charge in [0.15, 0.2) is 0 Å². The predicted molar refractivity (Wildman–Crippen MR) is 44.9 cm³/mol. The van der Waals surface area contributed by atoms with Crippen LogP contribution in [0.3, 0.4) is 0 Å². The van der Waals surface area contributed by atoms with Crippen LogP contribution in [0.15, 0.2) is 0 Å². The van der Waals surface area contributed by atoms with E-state index in [1.807, 2.05) is 11.8 Å². The molecule has 1 nitrogen and oxygen atoms in total. The molecule has 0 radical (unpaired) electrons. The maximum atomic E-state index is 8.67. The third-order valence-electron chi connectivity index (χ3n) is 1.88. The maximum Gasteiger partial charge on any atom is 0.0656 e. The van der Waals surface area contributed by atoms with Crippen LogP contribution in [0.2, 0.25) is 0 Å². The van der Waals surface area contributed by atoms with E-state index in [9.17, 15) is 0 Å². The van der Waals surface area contributed by atoms with Crippen LogP contribution < -0.4 is 0 Å². The highest BCUT2D eigenvalue weighted by Gasteiger charge is 2.23. The van der Waals surface area contributed by atoms with Crippen molar-refractivity contribution in [3.63, 3.8) is 0 Å². The molecule has 2 heteroatoms. The number of rotatable bonds is 0. The normalized spacial score (nSPS) is 40.7. The topological polar surface area (TPSA) is 23.8 Å². The molecule has 0 aliphatic carbocycles. The van der Waals surface area contributed by atoms with Crippen molar-refractivity contribution in [3.05, 3.63) is 0 Å². The van der Waals surface area contributed by atoms with Crippen molar-refractivity contribution >= 4 is 11.8 Å². The van der Waals surface area contributed by atoms with E-state index in [1.54, 1.807) is 0 Å². The molecular weight excluding hydrogens is 142 g/mol. The van der Waals surface area contributed by atoms with Crippen molar-refractivity contribution in [1.29, 1.82) is 5.26 Å². The molecule has 1 aliphatic heterocycles. The molecule has 0 saturated carbocycles. The number of hydrogen-bond acceptors (Lipinski definition) is 2. The SMILES string of the molecule is CC1CC(C#N)CC(C)S1. The molecule has 0 spiro atoms. The molecule has 0 aromatic rings. The molecule has 0 bridgehead atoms. The number of thioether (sulfide) groups is 1. The van der Waals surface area contributed by atoms with Gasteiger partial charge in [0.1, 0.15) is 0 Å². The molecule has 1 aliphatic rings. The van der Waals surface area contributed by atoms with Crippen molar-refractivity contribution in [1.82, 2.24) is 0 Å². The van der Waals surface area contributed by atoms with Crippen molar-refractivity contribution in [2.75, 3.05) is 0 Å². The van der Waals surface area contributed by atoms with Crippen LogP contribution in [-0.4, -0.2) is 10.5 Å². The molecule has 0 N–H and O–H groups in total. The summed E-state index contributed by atoms with van der Waals surface area (Å²) in [5.41, 5.74) is 0. The van der Waals surface area contributed by atoms with Crippen molar-refractivity contribution in [2.45, 2.75) is 37.2 Å². The highest BCUT2D eigenvalue weighted by molar-refractivity contribution is 8.00. The molecule has 0 amide bonds. The molecule has 1 rings (SSSR count). The van der Waals surface area contributed by atoms with E-state index in [2.05, 4.69) is 19.9 Å². The third kappa shape index (κ3) is 1.91. The minimum Gasteiger partial charge on any atom is -0.198 e. The average Bonchev–Trinajstić information content (AvgIpc) is 1.85. The van der Waals surface area contributed by atoms with E-state index in [4.69, 9.17) is 5.26 Å². The third-order valence-corrected chi connectivity index (χ3v) is 3.19. The molecule has 2 unspecified atom stereocenters. The van der Waals surface area contributed by atoms with Crippen LogP contribution in [0.25, 0.3) is 0 Å². The van der Waals surface area contributed by atoms with E-state index in [-0.39, 0.29) is 0 Å². The summed E-state index contributed by atoms with van der Waals surface area (Å²) in [6.07, 6.45) is 2.18. The van der Waals surface area contributed by atoms with Gasteiger partial charge in [-0.2, -0.15) is 17.0 Å². The first-order valence-corrected chi connectivity index (χ1v) is 4.71. The Kier molecular flexibility index (Phi) is 2.62. The lowest BCUT2D eigenvalue weighted by Crippen LogP contribution is -2.19. The molecule has 1 fully saturated rings. The molecule has 10 heavy (non-hydrogen) atoms. The van der Waals surface area contributed by atoms with Crippen LogP contribution >= 0.6 is 11.8 Å². The van der Waals surface area contributed by atoms with Gasteiger partial charge in [-0.15, -0.1) is 0 Å². The van der Waals surface area contributed by atoms with Gasteiger partial charge in [-0.25, -0.2) is 0 Å². The van der Waals surface area contributed by atoms with Gasteiger partial charge in [0.05, 0.1) is 6.07 Å². The van der Waals surface area contributed by atoms with Gasteiger partial charge in [-0.3, -0.25) is 0 Å². The van der Waals surface area contributed by atoms with Gasteiger partial charge in [-0.1, -0.05) is 13.8 Å². The molecule has 1 saturated heterocycles. The van der Waals surface area contributed by atoms with E-state index in [0.717, 1.165) is 12.8 Å². The van der Waals surface area contributed by atoms with Crippen LogP contribution in [0.5, 0.6) is 0 Å². The highest BCUT2D eigenvalue weighted by Crippen LogP contribution is 2.34. The summed E-state index contributed by atoms with van der Waals surface area (Å²) in [6, 6.07) is 2.35.